The van der Waals surface area contributed by atoms with E-state index in [1.165, 1.54) is 19.4 Å². The summed E-state index contributed by atoms with van der Waals surface area (Å²) >= 11 is 6.30. The minimum atomic E-state index is -0.832. The maximum absolute atomic E-state index is 14.8. The zero-order chi connectivity index (χ0) is 20.5. The van der Waals surface area contributed by atoms with Crippen LogP contribution in [0.25, 0.3) is 0 Å². The van der Waals surface area contributed by atoms with Gasteiger partial charge in [-0.25, -0.2) is 4.39 Å². The summed E-state index contributed by atoms with van der Waals surface area (Å²) in [6.45, 7) is 0.363. The Morgan fingerprint density at radius 2 is 2.10 bits per heavy atom. The molecule has 8 heteroatoms. The molecule has 3 aliphatic heterocycles. The van der Waals surface area contributed by atoms with Crippen LogP contribution in [-0.2, 0) is 19.1 Å². The van der Waals surface area contributed by atoms with Crippen molar-refractivity contribution in [3.05, 3.63) is 45.3 Å². The molecule has 2 aliphatic carbocycles. The number of hydrogen-bond acceptors (Lipinski definition) is 5. The lowest BCUT2D eigenvalue weighted by Crippen LogP contribution is -2.49. The van der Waals surface area contributed by atoms with Crippen LogP contribution in [0.5, 0.6) is 0 Å². The molecule has 150 valence electrons. The van der Waals surface area contributed by atoms with Crippen LogP contribution in [0.2, 0.25) is 0 Å². The Morgan fingerprint density at radius 3 is 2.79 bits per heavy atom. The summed E-state index contributed by atoms with van der Waals surface area (Å²) < 4.78 is 19.8. The fraction of sp³-hybridized carbons (Fsp3) is 0.429. The van der Waals surface area contributed by atoms with Gasteiger partial charge < -0.3 is 9.64 Å². The van der Waals surface area contributed by atoms with Gasteiger partial charge in [-0.2, -0.15) is 0 Å². The van der Waals surface area contributed by atoms with Crippen molar-refractivity contribution in [2.75, 3.05) is 20.2 Å². The minimum absolute atomic E-state index is 0.00701. The molecule has 5 aliphatic rings. The van der Waals surface area contributed by atoms with Crippen molar-refractivity contribution in [2.45, 2.75) is 25.3 Å². The number of methoxy groups -OCH3 is 1. The second-order valence-corrected chi connectivity index (χ2v) is 8.56. The molecule has 2 fully saturated rings. The highest BCUT2D eigenvalue weighted by atomic mass is 35.5. The summed E-state index contributed by atoms with van der Waals surface area (Å²) in [5.74, 6) is -2.63. The van der Waals surface area contributed by atoms with E-state index in [-0.39, 0.29) is 41.1 Å². The highest BCUT2D eigenvalue weighted by Gasteiger charge is 2.62. The maximum Gasteiger partial charge on any atom is 0.314 e. The van der Waals surface area contributed by atoms with Crippen LogP contribution in [0.1, 0.15) is 19.3 Å². The molecule has 1 saturated carbocycles. The number of nitrogens with zero attached hydrogens (tertiary/aromatic N) is 2. The van der Waals surface area contributed by atoms with Gasteiger partial charge in [0.2, 0.25) is 5.91 Å². The number of ketones is 1. The molecule has 2 unspecified atom stereocenters. The van der Waals surface area contributed by atoms with Gasteiger partial charge in [0.15, 0.2) is 5.78 Å². The average molecular weight is 417 g/mol. The molecular weight excluding hydrogens is 399 g/mol. The number of rotatable bonds is 1. The molecule has 5 rings (SSSR count). The molecule has 0 aromatic rings. The number of esters is 1. The van der Waals surface area contributed by atoms with Crippen molar-refractivity contribution in [1.29, 1.82) is 0 Å². The van der Waals surface area contributed by atoms with Gasteiger partial charge in [-0.05, 0) is 35.6 Å². The zero-order valence-electron chi connectivity index (χ0n) is 15.7. The summed E-state index contributed by atoms with van der Waals surface area (Å²) in [6, 6.07) is -0.203. The van der Waals surface area contributed by atoms with Gasteiger partial charge >= 0.3 is 5.97 Å². The number of halogens is 2. The van der Waals surface area contributed by atoms with Gasteiger partial charge in [0.1, 0.15) is 11.7 Å². The fourth-order valence-corrected chi connectivity index (χ4v) is 5.46. The number of carbonyl (C=O) groups excluding carboxylic acids is 3. The van der Waals surface area contributed by atoms with Crippen LogP contribution in [0, 0.1) is 11.3 Å². The smallest absolute Gasteiger partial charge is 0.314 e. The van der Waals surface area contributed by atoms with E-state index < -0.39 is 23.5 Å². The number of carbonyl (C=O) groups is 3. The SMILES string of the molecule is COC(=O)C1CN2C(=O)CC3(CC3)C2C2=C1C1=CC(=O)C=C(F)/C1=C(\Cl)C=NC2. The lowest BCUT2D eigenvalue weighted by atomic mass is 9.74. The number of aliphatic imine (C=N–C) groups is 1. The highest BCUT2D eigenvalue weighted by molar-refractivity contribution is 6.40. The van der Waals surface area contributed by atoms with Crippen LogP contribution in [0.4, 0.5) is 4.39 Å². The molecule has 1 saturated heterocycles. The van der Waals surface area contributed by atoms with Gasteiger partial charge in [0, 0.05) is 36.2 Å². The molecule has 1 amide bonds. The first-order valence-electron chi connectivity index (χ1n) is 9.50. The van der Waals surface area contributed by atoms with Gasteiger partial charge in [-0.15, -0.1) is 0 Å². The summed E-state index contributed by atoms with van der Waals surface area (Å²) in [5, 5.41) is 0.0683. The minimum Gasteiger partial charge on any atom is -0.468 e. The highest BCUT2D eigenvalue weighted by Crippen LogP contribution is 2.61. The molecule has 0 aromatic carbocycles. The first kappa shape index (κ1) is 18.5. The predicted molar refractivity (Wildman–Crippen MR) is 103 cm³/mol. The van der Waals surface area contributed by atoms with Crippen molar-refractivity contribution in [2.24, 2.45) is 16.3 Å². The van der Waals surface area contributed by atoms with E-state index in [9.17, 15) is 18.8 Å². The van der Waals surface area contributed by atoms with Crippen LogP contribution in [-0.4, -0.2) is 55.0 Å². The van der Waals surface area contributed by atoms with Crippen LogP contribution < -0.4 is 0 Å². The average Bonchev–Trinajstić information content (AvgIpc) is 3.38. The third-order valence-corrected chi connectivity index (χ3v) is 6.84. The van der Waals surface area contributed by atoms with E-state index in [4.69, 9.17) is 16.3 Å². The second kappa shape index (κ2) is 6.23. The van der Waals surface area contributed by atoms with Crippen molar-refractivity contribution in [1.82, 2.24) is 4.90 Å². The van der Waals surface area contributed by atoms with E-state index in [0.717, 1.165) is 24.5 Å². The standard InChI is InChI=1S/C21H18ClFN2O4/c1-29-20(28)13-9-25-16(27)6-21(2-3-21)19(25)12-7-24-8-14(22)18-11(17(12)13)4-10(26)5-15(18)23/h4-5,8,13,19H,2-3,6-7,9H2,1H3/b18-14-,24-8?. The lowest BCUT2D eigenvalue weighted by molar-refractivity contribution is -0.146. The van der Waals surface area contributed by atoms with Gasteiger partial charge in [0.05, 0.1) is 24.7 Å². The molecule has 1 spiro atoms. The topological polar surface area (TPSA) is 76.0 Å². The Labute approximate surface area is 171 Å². The summed E-state index contributed by atoms with van der Waals surface area (Å²) in [5.41, 5.74) is 1.50. The van der Waals surface area contributed by atoms with Gasteiger partial charge in [-0.3, -0.25) is 19.4 Å². The summed E-state index contributed by atoms with van der Waals surface area (Å²) in [6.07, 6.45) is 5.83. The van der Waals surface area contributed by atoms with E-state index in [0.29, 0.717) is 17.6 Å². The first-order chi connectivity index (χ1) is 13.9. The normalized spacial score (nSPS) is 32.2. The number of allylic oxidation sites excluding steroid dienone is 6. The zero-order valence-corrected chi connectivity index (χ0v) is 16.5. The summed E-state index contributed by atoms with van der Waals surface area (Å²) in [4.78, 5) is 43.7. The Bertz CT molecular complexity index is 1030. The number of hydrogen-bond donors (Lipinski definition) is 0. The molecule has 3 heterocycles. The Hall–Kier alpha value is -2.54. The molecule has 6 nitrogen and oxygen atoms in total. The van der Waals surface area contributed by atoms with Crippen LogP contribution in [0.3, 0.4) is 0 Å². The molecule has 0 bridgehead atoms. The number of amides is 1. The van der Waals surface area contributed by atoms with Crippen molar-refractivity contribution < 1.29 is 23.5 Å². The van der Waals surface area contributed by atoms with Crippen LogP contribution >= 0.6 is 11.6 Å². The van der Waals surface area contributed by atoms with Crippen molar-refractivity contribution in [3.63, 3.8) is 0 Å². The van der Waals surface area contributed by atoms with Crippen molar-refractivity contribution in [3.8, 4) is 0 Å². The lowest BCUT2D eigenvalue weighted by Gasteiger charge is -2.41. The largest absolute Gasteiger partial charge is 0.468 e. The quantitative estimate of drug-likeness (QED) is 0.615. The molecule has 0 N–H and O–H groups in total. The second-order valence-electron chi connectivity index (χ2n) is 8.15. The van der Waals surface area contributed by atoms with E-state index >= 15 is 0 Å². The molecular formula is C21H18ClFN2O4. The predicted octanol–water partition coefficient (Wildman–Crippen LogP) is 2.41. The molecule has 0 radical (unpaired) electrons. The van der Waals surface area contributed by atoms with E-state index in [2.05, 4.69) is 4.99 Å². The summed E-state index contributed by atoms with van der Waals surface area (Å²) in [7, 11) is 1.27. The third kappa shape index (κ3) is 2.60. The third-order valence-electron chi connectivity index (χ3n) is 6.56. The van der Waals surface area contributed by atoms with E-state index in [1.54, 1.807) is 4.90 Å². The maximum atomic E-state index is 14.8. The first-order valence-corrected chi connectivity index (χ1v) is 9.88. The van der Waals surface area contributed by atoms with Gasteiger partial charge in [0.25, 0.3) is 0 Å². The van der Waals surface area contributed by atoms with Crippen LogP contribution in [0.15, 0.2) is 50.3 Å². The monoisotopic (exact) mass is 416 g/mol. The molecule has 29 heavy (non-hydrogen) atoms. The van der Waals surface area contributed by atoms with Gasteiger partial charge in [-0.1, -0.05) is 11.6 Å². The number of fused-ring (bicyclic) bond motifs is 5. The Balaban J connectivity index is 1.78. The molecule has 0 aromatic heterocycles. The molecule has 2 atom stereocenters. The van der Waals surface area contributed by atoms with Crippen molar-refractivity contribution >= 4 is 35.5 Å². The fourth-order valence-electron chi connectivity index (χ4n) is 5.20. The number of ether oxygens (including phenoxy) is 1. The van der Waals surface area contributed by atoms with E-state index in [1.807, 2.05) is 0 Å². The Morgan fingerprint density at radius 1 is 1.34 bits per heavy atom. The Kier molecular flexibility index (Phi) is 3.97.